The molecule has 0 aliphatic heterocycles. The van der Waals surface area contributed by atoms with E-state index < -0.39 is 18.0 Å². The van der Waals surface area contributed by atoms with E-state index >= 15 is 0 Å². The molecule has 0 spiro atoms. The Bertz CT molecular complexity index is 900. The Morgan fingerprint density at radius 3 is 2.26 bits per heavy atom. The normalized spacial score (nSPS) is 11.1. The summed E-state index contributed by atoms with van der Waals surface area (Å²) in [5.41, 5.74) is 1.70. The molecule has 0 saturated heterocycles. The minimum Gasteiger partial charge on any atom is -0.490 e. The predicted molar refractivity (Wildman–Crippen MR) is 116 cm³/mol. The standard InChI is InChI=1S/C19H22N2O2.C4H4O4/c1-15(2)21-13-18(22)14-23-19-6-4-3-5-17(19)8-7-16-9-11-20-12-10-16;5-3(6)1-2-4(7)8/h3-6,9-12,15,18,21-22H,13-14H2,1-2H3;1-2H,(H,5,6)(H,7,8)/b;2-1+. The number of aliphatic hydroxyl groups is 1. The van der Waals surface area contributed by atoms with Gasteiger partial charge >= 0.3 is 11.9 Å². The zero-order valence-corrected chi connectivity index (χ0v) is 17.4. The van der Waals surface area contributed by atoms with E-state index in [-0.39, 0.29) is 6.61 Å². The van der Waals surface area contributed by atoms with Crippen LogP contribution < -0.4 is 10.1 Å². The molecule has 2 rings (SSSR count). The van der Waals surface area contributed by atoms with Gasteiger partial charge in [0, 0.05) is 42.7 Å². The number of nitrogens with zero attached hydrogens (tertiary/aromatic N) is 1. The number of rotatable bonds is 8. The van der Waals surface area contributed by atoms with Crippen molar-refractivity contribution >= 4 is 11.9 Å². The molecule has 0 saturated carbocycles. The predicted octanol–water partition coefficient (Wildman–Crippen LogP) is 1.93. The quantitative estimate of drug-likeness (QED) is 0.372. The van der Waals surface area contributed by atoms with Crippen LogP contribution in [0.4, 0.5) is 0 Å². The summed E-state index contributed by atoms with van der Waals surface area (Å²) in [7, 11) is 0. The van der Waals surface area contributed by atoms with E-state index in [9.17, 15) is 14.7 Å². The molecule has 0 amide bonds. The van der Waals surface area contributed by atoms with Gasteiger partial charge in [-0.25, -0.2) is 9.59 Å². The minimum absolute atomic E-state index is 0.230. The number of hydrogen-bond acceptors (Lipinski definition) is 6. The topological polar surface area (TPSA) is 129 Å². The molecule has 1 heterocycles. The Balaban J connectivity index is 0.000000512. The summed E-state index contributed by atoms with van der Waals surface area (Å²) < 4.78 is 5.71. The van der Waals surface area contributed by atoms with Crippen LogP contribution in [0.1, 0.15) is 25.0 Å². The second-order valence-corrected chi connectivity index (χ2v) is 6.52. The van der Waals surface area contributed by atoms with Crippen LogP contribution in [-0.4, -0.2) is 57.5 Å². The number of ether oxygens (including phenoxy) is 1. The fraction of sp³-hybridized carbons (Fsp3) is 0.261. The Morgan fingerprint density at radius 1 is 1.06 bits per heavy atom. The number of nitrogens with one attached hydrogen (secondary N) is 1. The highest BCUT2D eigenvalue weighted by Crippen LogP contribution is 2.17. The summed E-state index contributed by atoms with van der Waals surface area (Å²) in [6, 6.07) is 11.6. The van der Waals surface area contributed by atoms with Gasteiger partial charge in [-0.15, -0.1) is 0 Å². The maximum absolute atomic E-state index is 9.93. The van der Waals surface area contributed by atoms with Crippen LogP contribution in [0.15, 0.2) is 60.9 Å². The Kier molecular flexibility index (Phi) is 11.7. The lowest BCUT2D eigenvalue weighted by Gasteiger charge is -2.15. The van der Waals surface area contributed by atoms with Gasteiger partial charge in [0.15, 0.2) is 0 Å². The Labute approximate surface area is 181 Å². The third-order valence-electron chi connectivity index (χ3n) is 3.47. The molecule has 2 aromatic rings. The van der Waals surface area contributed by atoms with Crippen LogP contribution in [0, 0.1) is 11.8 Å². The highest BCUT2D eigenvalue weighted by atomic mass is 16.5. The summed E-state index contributed by atoms with van der Waals surface area (Å²) in [6.45, 7) is 4.81. The average molecular weight is 426 g/mol. The van der Waals surface area contributed by atoms with Crippen molar-refractivity contribution in [2.75, 3.05) is 13.2 Å². The monoisotopic (exact) mass is 426 g/mol. The third-order valence-corrected chi connectivity index (χ3v) is 3.47. The van der Waals surface area contributed by atoms with Gasteiger partial charge in [0.05, 0.1) is 5.56 Å². The molecule has 1 atom stereocenters. The lowest BCUT2D eigenvalue weighted by Crippen LogP contribution is -2.35. The third kappa shape index (κ3) is 12.5. The molecule has 0 aliphatic rings. The van der Waals surface area contributed by atoms with Crippen LogP contribution in [0.3, 0.4) is 0 Å². The average Bonchev–Trinajstić information content (AvgIpc) is 2.75. The van der Waals surface area contributed by atoms with Crippen LogP contribution >= 0.6 is 0 Å². The molecule has 8 heteroatoms. The van der Waals surface area contributed by atoms with Gasteiger partial charge in [0.2, 0.25) is 0 Å². The van der Waals surface area contributed by atoms with Crippen molar-refractivity contribution in [2.45, 2.75) is 26.0 Å². The van der Waals surface area contributed by atoms with E-state index in [1.54, 1.807) is 12.4 Å². The second-order valence-electron chi connectivity index (χ2n) is 6.52. The molecule has 0 aliphatic carbocycles. The first-order chi connectivity index (χ1) is 14.8. The molecule has 1 unspecified atom stereocenters. The lowest BCUT2D eigenvalue weighted by molar-refractivity contribution is -0.134. The molecular formula is C23H26N2O6. The van der Waals surface area contributed by atoms with Crippen molar-refractivity contribution in [3.8, 4) is 17.6 Å². The number of hydrogen-bond donors (Lipinski definition) is 4. The van der Waals surface area contributed by atoms with Gasteiger partial charge in [0.25, 0.3) is 0 Å². The number of aliphatic hydroxyl groups excluding tert-OH is 1. The van der Waals surface area contributed by atoms with Crippen molar-refractivity contribution < 1.29 is 29.6 Å². The first kappa shape index (κ1) is 25.4. The molecule has 164 valence electrons. The van der Waals surface area contributed by atoms with Gasteiger partial charge < -0.3 is 25.4 Å². The SMILES string of the molecule is CC(C)NCC(O)COc1ccccc1C#Cc1ccncc1.O=C(O)/C=C/C(=O)O. The molecule has 0 bridgehead atoms. The lowest BCUT2D eigenvalue weighted by atomic mass is 10.2. The first-order valence-corrected chi connectivity index (χ1v) is 9.47. The fourth-order valence-electron chi connectivity index (χ4n) is 2.03. The number of para-hydroxylation sites is 1. The van der Waals surface area contributed by atoms with Gasteiger partial charge in [0.1, 0.15) is 18.5 Å². The fourth-order valence-corrected chi connectivity index (χ4v) is 2.03. The zero-order valence-electron chi connectivity index (χ0n) is 17.4. The largest absolute Gasteiger partial charge is 0.490 e. The van der Waals surface area contributed by atoms with Crippen LogP contribution in [0.25, 0.3) is 0 Å². The van der Waals surface area contributed by atoms with Gasteiger partial charge in [-0.2, -0.15) is 0 Å². The number of aliphatic carboxylic acids is 2. The number of carboxylic acids is 2. The van der Waals surface area contributed by atoms with E-state index in [1.807, 2.05) is 50.2 Å². The summed E-state index contributed by atoms with van der Waals surface area (Å²) in [4.78, 5) is 23.1. The summed E-state index contributed by atoms with van der Waals surface area (Å²) >= 11 is 0. The van der Waals surface area contributed by atoms with Crippen LogP contribution in [0.5, 0.6) is 5.75 Å². The van der Waals surface area contributed by atoms with E-state index in [4.69, 9.17) is 14.9 Å². The van der Waals surface area contributed by atoms with Crippen molar-refractivity contribution in [2.24, 2.45) is 0 Å². The van der Waals surface area contributed by atoms with Crippen molar-refractivity contribution in [1.82, 2.24) is 10.3 Å². The molecule has 8 nitrogen and oxygen atoms in total. The van der Waals surface area contributed by atoms with E-state index in [0.717, 1.165) is 11.1 Å². The first-order valence-electron chi connectivity index (χ1n) is 9.47. The molecule has 1 aromatic carbocycles. The summed E-state index contributed by atoms with van der Waals surface area (Å²) in [5.74, 6) is 4.35. The Hall–Kier alpha value is -3.67. The number of aromatic nitrogens is 1. The van der Waals surface area contributed by atoms with E-state index in [1.165, 1.54) is 0 Å². The summed E-state index contributed by atoms with van der Waals surface area (Å²) in [6.07, 6.45) is 3.98. The highest BCUT2D eigenvalue weighted by molar-refractivity contribution is 5.89. The molecule has 4 N–H and O–H groups in total. The van der Waals surface area contributed by atoms with Crippen molar-refractivity contribution in [3.05, 3.63) is 72.1 Å². The van der Waals surface area contributed by atoms with E-state index in [2.05, 4.69) is 22.1 Å². The number of carboxylic acid groups (broad SMARTS) is 2. The van der Waals surface area contributed by atoms with Gasteiger partial charge in [-0.3, -0.25) is 4.98 Å². The van der Waals surface area contributed by atoms with Crippen LogP contribution in [-0.2, 0) is 9.59 Å². The van der Waals surface area contributed by atoms with Crippen molar-refractivity contribution in [3.63, 3.8) is 0 Å². The molecule has 0 fully saturated rings. The van der Waals surface area contributed by atoms with Gasteiger partial charge in [-0.1, -0.05) is 37.8 Å². The van der Waals surface area contributed by atoms with E-state index in [0.29, 0.717) is 30.5 Å². The number of carbonyl (C=O) groups is 2. The maximum atomic E-state index is 9.93. The van der Waals surface area contributed by atoms with Gasteiger partial charge in [-0.05, 0) is 24.3 Å². The molecule has 1 aromatic heterocycles. The zero-order chi connectivity index (χ0) is 23.1. The molecule has 0 radical (unpaired) electrons. The Morgan fingerprint density at radius 2 is 1.68 bits per heavy atom. The van der Waals surface area contributed by atoms with Crippen LogP contribution in [0.2, 0.25) is 0 Å². The summed E-state index contributed by atoms with van der Waals surface area (Å²) in [5, 5.41) is 28.7. The smallest absolute Gasteiger partial charge is 0.328 e. The number of pyridine rings is 1. The molecular weight excluding hydrogens is 400 g/mol. The van der Waals surface area contributed by atoms with Crippen molar-refractivity contribution in [1.29, 1.82) is 0 Å². The number of benzene rings is 1. The second kappa shape index (κ2) is 14.3. The highest BCUT2D eigenvalue weighted by Gasteiger charge is 2.07. The maximum Gasteiger partial charge on any atom is 0.328 e. The minimum atomic E-state index is -1.26. The molecule has 31 heavy (non-hydrogen) atoms.